The first-order chi connectivity index (χ1) is 5.20. The Morgan fingerprint density at radius 3 is 2.58 bits per heavy atom. The second kappa shape index (κ2) is 4.91. The first-order valence-electron chi connectivity index (χ1n) is 2.81. The molecular formula is C5H8N5NaO. The molecule has 5 N–H and O–H groups in total. The third-order valence-corrected chi connectivity index (χ3v) is 0.932. The van der Waals surface area contributed by atoms with E-state index in [1.165, 1.54) is 12.4 Å². The summed E-state index contributed by atoms with van der Waals surface area (Å²) in [6.45, 7) is 0. The third-order valence-electron chi connectivity index (χ3n) is 0.932. The van der Waals surface area contributed by atoms with Crippen molar-refractivity contribution < 1.29 is 5.11 Å². The van der Waals surface area contributed by atoms with E-state index in [-0.39, 0.29) is 47.2 Å². The molecule has 0 aromatic carbocycles. The van der Waals surface area contributed by atoms with Gasteiger partial charge in [0.1, 0.15) is 0 Å². The summed E-state index contributed by atoms with van der Waals surface area (Å²) in [5.74, 6) is -0.483. The van der Waals surface area contributed by atoms with Crippen LogP contribution in [0.15, 0.2) is 12.4 Å². The SMILES string of the molecule is N=C(N)Nc1nccnc1O.[NaH]. The van der Waals surface area contributed by atoms with Gasteiger partial charge in [-0.3, -0.25) is 5.41 Å². The van der Waals surface area contributed by atoms with Crippen molar-refractivity contribution in [2.75, 3.05) is 5.32 Å². The number of aromatic nitrogens is 2. The van der Waals surface area contributed by atoms with Crippen LogP contribution >= 0.6 is 0 Å². The maximum absolute atomic E-state index is 8.97. The Labute approximate surface area is 91.0 Å². The molecule has 6 nitrogen and oxygen atoms in total. The average molecular weight is 177 g/mol. The number of guanidine groups is 1. The minimum absolute atomic E-state index is 0. The van der Waals surface area contributed by atoms with Crippen LogP contribution in [0.2, 0.25) is 0 Å². The van der Waals surface area contributed by atoms with Gasteiger partial charge < -0.3 is 16.2 Å². The fourth-order valence-corrected chi connectivity index (χ4v) is 0.546. The Bertz CT molecular complexity index is 278. The van der Waals surface area contributed by atoms with Crippen molar-refractivity contribution in [3.63, 3.8) is 0 Å². The van der Waals surface area contributed by atoms with E-state index in [9.17, 15) is 0 Å². The molecule has 1 aromatic heterocycles. The van der Waals surface area contributed by atoms with Gasteiger partial charge in [0, 0.05) is 12.4 Å². The van der Waals surface area contributed by atoms with Crippen LogP contribution < -0.4 is 11.1 Å². The van der Waals surface area contributed by atoms with Crippen LogP contribution in [0.25, 0.3) is 0 Å². The van der Waals surface area contributed by atoms with Gasteiger partial charge in [-0.25, -0.2) is 9.97 Å². The number of nitrogens with zero attached hydrogens (tertiary/aromatic N) is 2. The number of rotatable bonds is 1. The monoisotopic (exact) mass is 177 g/mol. The topological polar surface area (TPSA) is 108 Å². The molecule has 0 bridgehead atoms. The molecule has 0 radical (unpaired) electrons. The molecule has 7 heteroatoms. The summed E-state index contributed by atoms with van der Waals surface area (Å²) in [5.41, 5.74) is 4.99. The Morgan fingerprint density at radius 2 is 2.08 bits per heavy atom. The predicted molar refractivity (Wildman–Crippen MR) is 46.4 cm³/mol. The van der Waals surface area contributed by atoms with Gasteiger partial charge in [-0.2, -0.15) is 0 Å². The van der Waals surface area contributed by atoms with Crippen molar-refractivity contribution in [1.29, 1.82) is 5.41 Å². The number of hydrogen-bond donors (Lipinski definition) is 4. The van der Waals surface area contributed by atoms with Gasteiger partial charge in [-0.1, -0.05) is 0 Å². The van der Waals surface area contributed by atoms with Crippen molar-refractivity contribution >= 4 is 41.3 Å². The number of hydrogen-bond acceptors (Lipinski definition) is 4. The molecule has 1 aromatic rings. The first kappa shape index (κ1) is 11.2. The molecule has 12 heavy (non-hydrogen) atoms. The summed E-state index contributed by atoms with van der Waals surface area (Å²) in [6.07, 6.45) is 2.71. The molecule has 0 aliphatic rings. The zero-order valence-electron chi connectivity index (χ0n) is 5.57. The first-order valence-corrected chi connectivity index (χ1v) is 2.81. The van der Waals surface area contributed by atoms with E-state index in [1.54, 1.807) is 0 Å². The van der Waals surface area contributed by atoms with Crippen LogP contribution in [-0.2, 0) is 0 Å². The van der Waals surface area contributed by atoms with Crippen LogP contribution in [-0.4, -0.2) is 50.6 Å². The molecule has 0 amide bonds. The van der Waals surface area contributed by atoms with Crippen molar-refractivity contribution in [3.05, 3.63) is 12.4 Å². The van der Waals surface area contributed by atoms with Gasteiger partial charge in [0.05, 0.1) is 0 Å². The molecule has 0 saturated heterocycles. The van der Waals surface area contributed by atoms with E-state index in [2.05, 4.69) is 15.3 Å². The van der Waals surface area contributed by atoms with E-state index in [0.29, 0.717) is 0 Å². The van der Waals surface area contributed by atoms with Crippen LogP contribution in [0.3, 0.4) is 0 Å². The Kier molecular flexibility index (Phi) is 4.57. The van der Waals surface area contributed by atoms with Crippen LogP contribution in [0, 0.1) is 5.41 Å². The zero-order valence-corrected chi connectivity index (χ0v) is 5.57. The van der Waals surface area contributed by atoms with Gasteiger partial charge in [0.15, 0.2) is 11.8 Å². The molecule has 0 fully saturated rings. The molecule has 1 rings (SSSR count). The molecule has 0 aliphatic carbocycles. The molecule has 0 saturated carbocycles. The van der Waals surface area contributed by atoms with Crippen LogP contribution in [0.4, 0.5) is 5.82 Å². The third kappa shape index (κ3) is 3.04. The van der Waals surface area contributed by atoms with Crippen molar-refractivity contribution in [1.82, 2.24) is 9.97 Å². The fraction of sp³-hybridized carbons (Fsp3) is 0. The molecule has 0 unspecified atom stereocenters. The molecule has 0 aliphatic heterocycles. The second-order valence-corrected chi connectivity index (χ2v) is 1.77. The summed E-state index contributed by atoms with van der Waals surface area (Å²) in [5, 5.41) is 18.1. The molecule has 1 heterocycles. The maximum atomic E-state index is 8.97. The summed E-state index contributed by atoms with van der Waals surface area (Å²) < 4.78 is 0. The Balaban J connectivity index is 0.00000121. The van der Waals surface area contributed by atoms with Crippen molar-refractivity contribution in [2.24, 2.45) is 5.73 Å². The second-order valence-electron chi connectivity index (χ2n) is 1.77. The predicted octanol–water partition coefficient (Wildman–Crippen LogP) is -1.16. The van der Waals surface area contributed by atoms with E-state index in [1.807, 2.05) is 0 Å². The van der Waals surface area contributed by atoms with Gasteiger partial charge >= 0.3 is 29.6 Å². The average Bonchev–Trinajstić information content (AvgIpc) is 1.93. The number of nitrogens with one attached hydrogen (secondary N) is 2. The number of anilines is 1. The van der Waals surface area contributed by atoms with E-state index in [0.717, 1.165) is 0 Å². The van der Waals surface area contributed by atoms with Crippen molar-refractivity contribution in [2.45, 2.75) is 0 Å². The quantitative estimate of drug-likeness (QED) is 0.246. The van der Waals surface area contributed by atoms with Gasteiger partial charge in [-0.05, 0) is 0 Å². The van der Waals surface area contributed by atoms with Crippen LogP contribution in [0.5, 0.6) is 5.88 Å². The number of aromatic hydroxyl groups is 1. The van der Waals surface area contributed by atoms with Gasteiger partial charge in [-0.15, -0.1) is 0 Å². The summed E-state index contributed by atoms with van der Waals surface area (Å²) in [4.78, 5) is 7.18. The Hall–Kier alpha value is -0.850. The summed E-state index contributed by atoms with van der Waals surface area (Å²) in [7, 11) is 0. The zero-order chi connectivity index (χ0) is 8.27. The van der Waals surface area contributed by atoms with Crippen LogP contribution in [0.1, 0.15) is 0 Å². The fourth-order valence-electron chi connectivity index (χ4n) is 0.546. The normalized spacial score (nSPS) is 8.33. The standard InChI is InChI=1S/C5H7N5O.Na.H/c6-5(7)10-3-4(11)9-2-1-8-3;;/h1-2H,(H,9,11)(H4,6,7,8,10);;. The van der Waals surface area contributed by atoms with E-state index < -0.39 is 0 Å². The Morgan fingerprint density at radius 1 is 1.50 bits per heavy atom. The van der Waals surface area contributed by atoms with Crippen molar-refractivity contribution in [3.8, 4) is 5.88 Å². The van der Waals surface area contributed by atoms with E-state index >= 15 is 0 Å². The van der Waals surface area contributed by atoms with Gasteiger partial charge in [0.25, 0.3) is 5.88 Å². The van der Waals surface area contributed by atoms with Gasteiger partial charge in [0.2, 0.25) is 0 Å². The molecular weight excluding hydrogens is 169 g/mol. The molecule has 0 atom stereocenters. The number of nitrogens with two attached hydrogens (primary N) is 1. The van der Waals surface area contributed by atoms with E-state index in [4.69, 9.17) is 16.2 Å². The minimum atomic E-state index is -0.291. The summed E-state index contributed by atoms with van der Waals surface area (Å²) in [6, 6.07) is 0. The molecule has 60 valence electrons. The summed E-state index contributed by atoms with van der Waals surface area (Å²) >= 11 is 0. The molecule has 0 spiro atoms.